The molecule has 0 radical (unpaired) electrons. The largest absolute Gasteiger partial charge is 0.462 e. The number of hydrogen-bond acceptors (Lipinski definition) is 6. The standard InChI is InChI=1S/C23H34O6/c1-13(24)28-17-11-15-7-5-6-9-21(15,3)16-12-19(29-14(2)25)22(4)10-8-18(26)23(22,27)20(16)17/h15-17,19-20,27H,5-12H2,1-4H3/t15-,16-,17-,19+,20+,21+,22+,23+/m1/s1. The number of ketones is 1. The molecule has 8 atom stereocenters. The molecule has 0 unspecified atom stereocenters. The van der Waals surface area contributed by atoms with Gasteiger partial charge in [0.1, 0.15) is 17.8 Å². The highest BCUT2D eigenvalue weighted by Crippen LogP contribution is 2.67. The van der Waals surface area contributed by atoms with E-state index in [1.807, 2.05) is 6.92 Å². The predicted octanol–water partition coefficient (Wildman–Crippen LogP) is 3.19. The van der Waals surface area contributed by atoms with E-state index in [0.717, 1.165) is 25.7 Å². The molecule has 0 bridgehead atoms. The molecule has 1 N–H and O–H groups in total. The SMILES string of the molecule is CC(=O)O[C@H]1C[C@@H]2[C@@H]([C@H](OC(C)=O)C[C@H]3CCCC[C@@]32C)[C@@]2(O)C(=O)CC[C@@]12C. The van der Waals surface area contributed by atoms with Gasteiger partial charge in [0.2, 0.25) is 0 Å². The molecule has 4 aliphatic carbocycles. The molecule has 4 rings (SSSR count). The Hall–Kier alpha value is -1.43. The first-order valence-electron chi connectivity index (χ1n) is 11.1. The Morgan fingerprint density at radius 2 is 1.72 bits per heavy atom. The third kappa shape index (κ3) is 2.81. The van der Waals surface area contributed by atoms with Crippen LogP contribution in [0.1, 0.15) is 79.1 Å². The van der Waals surface area contributed by atoms with Crippen LogP contribution in [-0.2, 0) is 23.9 Å². The molecular weight excluding hydrogens is 372 g/mol. The predicted molar refractivity (Wildman–Crippen MR) is 105 cm³/mol. The Bertz CT molecular complexity index is 733. The van der Waals surface area contributed by atoms with E-state index >= 15 is 0 Å². The van der Waals surface area contributed by atoms with Crippen molar-refractivity contribution in [3.8, 4) is 0 Å². The van der Waals surface area contributed by atoms with E-state index < -0.39 is 29.1 Å². The van der Waals surface area contributed by atoms with Gasteiger partial charge in [-0.15, -0.1) is 0 Å². The molecule has 4 fully saturated rings. The molecule has 162 valence electrons. The lowest BCUT2D eigenvalue weighted by Gasteiger charge is -2.64. The van der Waals surface area contributed by atoms with E-state index in [4.69, 9.17) is 9.47 Å². The van der Waals surface area contributed by atoms with Crippen LogP contribution < -0.4 is 0 Å². The van der Waals surface area contributed by atoms with Gasteiger partial charge < -0.3 is 14.6 Å². The van der Waals surface area contributed by atoms with Gasteiger partial charge in [0.25, 0.3) is 0 Å². The Kier molecular flexibility index (Phi) is 4.88. The summed E-state index contributed by atoms with van der Waals surface area (Å²) >= 11 is 0. The van der Waals surface area contributed by atoms with E-state index in [-0.39, 0.29) is 35.5 Å². The summed E-state index contributed by atoms with van der Waals surface area (Å²) < 4.78 is 11.5. The topological polar surface area (TPSA) is 89.9 Å². The number of carbonyl (C=O) groups is 3. The Morgan fingerprint density at radius 3 is 2.38 bits per heavy atom. The molecule has 29 heavy (non-hydrogen) atoms. The molecule has 0 amide bonds. The fourth-order valence-electron chi connectivity index (χ4n) is 7.63. The Labute approximate surface area is 172 Å². The van der Waals surface area contributed by atoms with Gasteiger partial charge in [0, 0.05) is 31.6 Å². The van der Waals surface area contributed by atoms with Crippen molar-refractivity contribution in [3.63, 3.8) is 0 Å². The summed E-state index contributed by atoms with van der Waals surface area (Å²) in [5.41, 5.74) is -2.55. The molecule has 6 heteroatoms. The molecule has 6 nitrogen and oxygen atoms in total. The lowest BCUT2D eigenvalue weighted by molar-refractivity contribution is -0.260. The summed E-state index contributed by atoms with van der Waals surface area (Å²) in [5.74, 6) is -1.04. The Morgan fingerprint density at radius 1 is 1.03 bits per heavy atom. The maximum absolute atomic E-state index is 13.2. The van der Waals surface area contributed by atoms with Crippen molar-refractivity contribution in [2.45, 2.75) is 96.9 Å². The van der Waals surface area contributed by atoms with E-state index in [9.17, 15) is 19.5 Å². The van der Waals surface area contributed by atoms with Crippen molar-refractivity contribution in [1.82, 2.24) is 0 Å². The van der Waals surface area contributed by atoms with Crippen LogP contribution in [0.5, 0.6) is 0 Å². The molecule has 0 aromatic carbocycles. The molecule has 0 aromatic heterocycles. The van der Waals surface area contributed by atoms with E-state index in [0.29, 0.717) is 25.2 Å². The number of fused-ring (bicyclic) bond motifs is 5. The average molecular weight is 407 g/mol. The quantitative estimate of drug-likeness (QED) is 0.709. The van der Waals surface area contributed by atoms with E-state index in [2.05, 4.69) is 6.92 Å². The van der Waals surface area contributed by atoms with Crippen LogP contribution in [0.2, 0.25) is 0 Å². The van der Waals surface area contributed by atoms with Gasteiger partial charge in [0.15, 0.2) is 5.78 Å². The minimum absolute atomic E-state index is 0.0321. The monoisotopic (exact) mass is 406 g/mol. The molecular formula is C23H34O6. The van der Waals surface area contributed by atoms with Crippen LogP contribution in [-0.4, -0.2) is 40.6 Å². The maximum atomic E-state index is 13.2. The summed E-state index contributed by atoms with van der Waals surface area (Å²) in [6.07, 6.45) is 5.44. The van der Waals surface area contributed by atoms with Crippen molar-refractivity contribution in [1.29, 1.82) is 0 Å². The van der Waals surface area contributed by atoms with Crippen molar-refractivity contribution in [2.75, 3.05) is 0 Å². The smallest absolute Gasteiger partial charge is 0.302 e. The second kappa shape index (κ2) is 6.79. The highest BCUT2D eigenvalue weighted by Gasteiger charge is 2.74. The van der Waals surface area contributed by atoms with Crippen LogP contribution in [0.25, 0.3) is 0 Å². The van der Waals surface area contributed by atoms with Crippen molar-refractivity contribution >= 4 is 17.7 Å². The highest BCUT2D eigenvalue weighted by atomic mass is 16.6. The lowest BCUT2D eigenvalue weighted by atomic mass is 9.42. The van der Waals surface area contributed by atoms with Crippen LogP contribution in [0.15, 0.2) is 0 Å². The van der Waals surface area contributed by atoms with Crippen LogP contribution in [0, 0.1) is 28.6 Å². The summed E-state index contributed by atoms with van der Waals surface area (Å²) in [6, 6.07) is 0. The fourth-order valence-corrected chi connectivity index (χ4v) is 7.63. The summed E-state index contributed by atoms with van der Waals surface area (Å²) in [4.78, 5) is 37.0. The molecule has 0 spiro atoms. The van der Waals surface area contributed by atoms with Gasteiger partial charge in [-0.05, 0) is 49.4 Å². The van der Waals surface area contributed by atoms with Crippen LogP contribution in [0.3, 0.4) is 0 Å². The van der Waals surface area contributed by atoms with Crippen molar-refractivity contribution in [2.24, 2.45) is 28.6 Å². The van der Waals surface area contributed by atoms with Gasteiger partial charge in [0.05, 0.1) is 0 Å². The first kappa shape index (κ1) is 20.8. The highest BCUT2D eigenvalue weighted by molar-refractivity contribution is 5.91. The first-order chi connectivity index (χ1) is 13.5. The number of rotatable bonds is 2. The molecule has 0 aromatic rings. The zero-order valence-corrected chi connectivity index (χ0v) is 18.0. The summed E-state index contributed by atoms with van der Waals surface area (Å²) in [5, 5.41) is 12.1. The lowest BCUT2D eigenvalue weighted by Crippen LogP contribution is -2.71. The number of hydrogen-bond donors (Lipinski definition) is 1. The number of ether oxygens (including phenoxy) is 2. The number of carbonyl (C=O) groups excluding carboxylic acids is 3. The van der Waals surface area contributed by atoms with Gasteiger partial charge in [-0.3, -0.25) is 14.4 Å². The first-order valence-corrected chi connectivity index (χ1v) is 11.1. The van der Waals surface area contributed by atoms with Gasteiger partial charge in [-0.2, -0.15) is 0 Å². The molecule has 0 heterocycles. The van der Waals surface area contributed by atoms with E-state index in [1.165, 1.54) is 13.8 Å². The summed E-state index contributed by atoms with van der Waals surface area (Å²) in [7, 11) is 0. The third-order valence-electron chi connectivity index (χ3n) is 9.10. The number of esters is 2. The summed E-state index contributed by atoms with van der Waals surface area (Å²) in [6.45, 7) is 6.93. The van der Waals surface area contributed by atoms with Gasteiger partial charge in [-0.1, -0.05) is 26.7 Å². The van der Waals surface area contributed by atoms with Crippen LogP contribution in [0.4, 0.5) is 0 Å². The van der Waals surface area contributed by atoms with Crippen molar-refractivity contribution in [3.05, 3.63) is 0 Å². The normalized spacial score (nSPS) is 48.9. The minimum atomic E-state index is -1.64. The van der Waals surface area contributed by atoms with Gasteiger partial charge >= 0.3 is 11.9 Å². The molecule has 0 saturated heterocycles. The minimum Gasteiger partial charge on any atom is -0.462 e. The Balaban J connectivity index is 1.85. The molecule has 4 aliphatic rings. The fraction of sp³-hybridized carbons (Fsp3) is 0.870. The second-order valence-corrected chi connectivity index (χ2v) is 10.4. The zero-order valence-electron chi connectivity index (χ0n) is 18.0. The van der Waals surface area contributed by atoms with E-state index in [1.54, 1.807) is 0 Å². The molecule has 4 saturated carbocycles. The second-order valence-electron chi connectivity index (χ2n) is 10.4. The third-order valence-corrected chi connectivity index (χ3v) is 9.10. The van der Waals surface area contributed by atoms with Crippen LogP contribution >= 0.6 is 0 Å². The van der Waals surface area contributed by atoms with Gasteiger partial charge in [-0.25, -0.2) is 0 Å². The number of Topliss-reactive ketones (excluding diaryl/α,β-unsaturated/α-hetero) is 1. The maximum Gasteiger partial charge on any atom is 0.302 e. The zero-order chi connectivity index (χ0) is 21.2. The average Bonchev–Trinajstić information content (AvgIpc) is 2.87. The number of aliphatic hydroxyl groups is 1. The van der Waals surface area contributed by atoms with Crippen molar-refractivity contribution < 1.29 is 29.0 Å². The molecule has 0 aliphatic heterocycles.